The first-order valence-electron chi connectivity index (χ1n) is 6.36. The van der Waals surface area contributed by atoms with Crippen LogP contribution in [0.5, 0.6) is 0 Å². The topological polar surface area (TPSA) is 67.5 Å². The molecule has 2 aromatic heterocycles. The Morgan fingerprint density at radius 2 is 2.00 bits per heavy atom. The Balaban J connectivity index is 2.16. The predicted molar refractivity (Wildman–Crippen MR) is 74.8 cm³/mol. The molecule has 2 heterocycles. The molecule has 20 heavy (non-hydrogen) atoms. The van der Waals surface area contributed by atoms with E-state index in [1.165, 1.54) is 11.6 Å². The first-order valence-corrected chi connectivity index (χ1v) is 6.36. The minimum absolute atomic E-state index is 0.00451. The number of fused-ring (bicyclic) bond motifs is 1. The molecule has 5 nitrogen and oxygen atoms in total. The highest BCUT2D eigenvalue weighted by Gasteiger charge is 2.12. The van der Waals surface area contributed by atoms with E-state index in [1.54, 1.807) is 10.7 Å². The Morgan fingerprint density at radius 1 is 1.25 bits per heavy atom. The molecule has 3 rings (SSSR count). The normalized spacial score (nSPS) is 10.8. The molecule has 0 saturated heterocycles. The number of hydrogen-bond donors (Lipinski definition) is 1. The van der Waals surface area contributed by atoms with Crippen molar-refractivity contribution in [3.63, 3.8) is 0 Å². The second-order valence-corrected chi connectivity index (χ2v) is 4.49. The highest BCUT2D eigenvalue weighted by molar-refractivity contribution is 5.86. The highest BCUT2D eigenvalue weighted by Crippen LogP contribution is 2.20. The molecule has 0 fully saturated rings. The van der Waals surface area contributed by atoms with Crippen LogP contribution in [-0.4, -0.2) is 25.7 Å². The molecule has 100 valence electrons. The summed E-state index contributed by atoms with van der Waals surface area (Å²) in [6, 6.07) is 11.4. The minimum atomic E-state index is -1.05. The van der Waals surface area contributed by atoms with Crippen LogP contribution < -0.4 is 0 Å². The zero-order chi connectivity index (χ0) is 14.1. The first-order chi connectivity index (χ1) is 9.69. The predicted octanol–water partition coefficient (Wildman–Crippen LogP) is 2.66. The van der Waals surface area contributed by atoms with E-state index in [2.05, 4.69) is 29.1 Å². The van der Waals surface area contributed by atoms with E-state index < -0.39 is 5.97 Å². The summed E-state index contributed by atoms with van der Waals surface area (Å²) in [5.41, 5.74) is 3.58. The summed E-state index contributed by atoms with van der Waals surface area (Å²) >= 11 is 0. The van der Waals surface area contributed by atoms with E-state index in [4.69, 9.17) is 5.11 Å². The van der Waals surface area contributed by atoms with Crippen molar-refractivity contribution < 1.29 is 9.90 Å². The fourth-order valence-corrected chi connectivity index (χ4v) is 2.13. The molecule has 0 unspecified atom stereocenters. The summed E-state index contributed by atoms with van der Waals surface area (Å²) < 4.78 is 1.56. The Labute approximate surface area is 115 Å². The number of carbonyl (C=O) groups is 1. The molecule has 0 radical (unpaired) electrons. The molecule has 1 N–H and O–H groups in total. The van der Waals surface area contributed by atoms with Gasteiger partial charge < -0.3 is 5.11 Å². The molecule has 0 aliphatic rings. The summed E-state index contributed by atoms with van der Waals surface area (Å²) in [4.78, 5) is 15.1. The van der Waals surface area contributed by atoms with Crippen LogP contribution in [0, 0.1) is 0 Å². The summed E-state index contributed by atoms with van der Waals surface area (Å²) in [6.45, 7) is 2.10. The maximum atomic E-state index is 11.0. The van der Waals surface area contributed by atoms with E-state index in [1.807, 2.05) is 18.2 Å². The van der Waals surface area contributed by atoms with Gasteiger partial charge in [-0.1, -0.05) is 31.2 Å². The third-order valence-electron chi connectivity index (χ3n) is 3.24. The molecule has 3 aromatic rings. The standard InChI is InChI=1S/C15H13N3O2/c1-2-10-3-5-11(6-4-10)13-7-8-16-14-9-12(15(19)20)17-18(13)14/h3-9H,2H2,1H3,(H,19,20). The van der Waals surface area contributed by atoms with Crippen LogP contribution in [0.1, 0.15) is 23.0 Å². The third kappa shape index (κ3) is 2.03. The number of aryl methyl sites for hydroxylation is 1. The Morgan fingerprint density at radius 3 is 2.65 bits per heavy atom. The van der Waals surface area contributed by atoms with Gasteiger partial charge in [0.2, 0.25) is 0 Å². The van der Waals surface area contributed by atoms with E-state index in [-0.39, 0.29) is 5.69 Å². The van der Waals surface area contributed by atoms with E-state index in [0.29, 0.717) is 5.65 Å². The molecule has 0 atom stereocenters. The average Bonchev–Trinajstić information content (AvgIpc) is 2.91. The zero-order valence-corrected chi connectivity index (χ0v) is 10.9. The van der Waals surface area contributed by atoms with E-state index in [9.17, 15) is 4.79 Å². The smallest absolute Gasteiger partial charge is 0.356 e. The number of carboxylic acids is 1. The van der Waals surface area contributed by atoms with Crippen LogP contribution >= 0.6 is 0 Å². The molecular formula is C15H13N3O2. The molecule has 0 aliphatic carbocycles. The van der Waals surface area contributed by atoms with Crippen molar-refractivity contribution in [2.45, 2.75) is 13.3 Å². The second-order valence-electron chi connectivity index (χ2n) is 4.49. The second kappa shape index (κ2) is 4.77. The van der Waals surface area contributed by atoms with Gasteiger partial charge in [-0.15, -0.1) is 0 Å². The van der Waals surface area contributed by atoms with Crippen molar-refractivity contribution >= 4 is 11.6 Å². The lowest BCUT2D eigenvalue weighted by molar-refractivity contribution is 0.0690. The SMILES string of the molecule is CCc1ccc(-c2ccnc3cc(C(=O)O)nn23)cc1. The minimum Gasteiger partial charge on any atom is -0.476 e. The Kier molecular flexibility index (Phi) is 2.95. The Hall–Kier alpha value is -2.69. The van der Waals surface area contributed by atoms with Gasteiger partial charge in [-0.2, -0.15) is 5.10 Å². The first kappa shape index (κ1) is 12.3. The largest absolute Gasteiger partial charge is 0.476 e. The highest BCUT2D eigenvalue weighted by atomic mass is 16.4. The number of benzene rings is 1. The van der Waals surface area contributed by atoms with Crippen molar-refractivity contribution in [1.29, 1.82) is 0 Å². The van der Waals surface area contributed by atoms with Crippen LogP contribution in [0.15, 0.2) is 42.6 Å². The van der Waals surface area contributed by atoms with Crippen molar-refractivity contribution in [3.05, 3.63) is 53.9 Å². The van der Waals surface area contributed by atoms with Gasteiger partial charge in [0.1, 0.15) is 0 Å². The van der Waals surface area contributed by atoms with Gasteiger partial charge in [0.15, 0.2) is 11.3 Å². The van der Waals surface area contributed by atoms with Crippen molar-refractivity contribution in [2.24, 2.45) is 0 Å². The summed E-state index contributed by atoms with van der Waals surface area (Å²) in [7, 11) is 0. The molecule has 0 saturated carbocycles. The quantitative estimate of drug-likeness (QED) is 0.792. The lowest BCUT2D eigenvalue weighted by Gasteiger charge is -2.05. The zero-order valence-electron chi connectivity index (χ0n) is 10.9. The van der Waals surface area contributed by atoms with Gasteiger partial charge in [0.05, 0.1) is 5.69 Å². The number of aromatic nitrogens is 3. The van der Waals surface area contributed by atoms with Crippen LogP contribution in [0.25, 0.3) is 16.9 Å². The van der Waals surface area contributed by atoms with Gasteiger partial charge in [-0.3, -0.25) is 0 Å². The third-order valence-corrected chi connectivity index (χ3v) is 3.24. The molecule has 0 spiro atoms. The Bertz CT molecular complexity index is 775. The van der Waals surface area contributed by atoms with Gasteiger partial charge in [-0.25, -0.2) is 14.3 Å². The maximum absolute atomic E-state index is 11.0. The van der Waals surface area contributed by atoms with Crippen molar-refractivity contribution in [1.82, 2.24) is 14.6 Å². The molecule has 5 heteroatoms. The maximum Gasteiger partial charge on any atom is 0.356 e. The van der Waals surface area contributed by atoms with Crippen LogP contribution in [0.3, 0.4) is 0 Å². The van der Waals surface area contributed by atoms with Gasteiger partial charge in [0, 0.05) is 17.8 Å². The van der Waals surface area contributed by atoms with Crippen LogP contribution in [0.4, 0.5) is 0 Å². The molecule has 0 amide bonds. The molecule has 1 aromatic carbocycles. The summed E-state index contributed by atoms with van der Waals surface area (Å²) in [5, 5.41) is 13.1. The van der Waals surface area contributed by atoms with Crippen LogP contribution in [-0.2, 0) is 6.42 Å². The number of carboxylic acid groups (broad SMARTS) is 1. The van der Waals surface area contributed by atoms with E-state index in [0.717, 1.165) is 17.7 Å². The number of aromatic carboxylic acids is 1. The lowest BCUT2D eigenvalue weighted by atomic mass is 10.1. The summed E-state index contributed by atoms with van der Waals surface area (Å²) in [5.74, 6) is -1.05. The van der Waals surface area contributed by atoms with Gasteiger partial charge in [0.25, 0.3) is 0 Å². The average molecular weight is 267 g/mol. The van der Waals surface area contributed by atoms with Crippen molar-refractivity contribution in [2.75, 3.05) is 0 Å². The fourth-order valence-electron chi connectivity index (χ4n) is 2.13. The fraction of sp³-hybridized carbons (Fsp3) is 0.133. The number of hydrogen-bond acceptors (Lipinski definition) is 3. The monoisotopic (exact) mass is 267 g/mol. The number of rotatable bonds is 3. The summed E-state index contributed by atoms with van der Waals surface area (Å²) in [6.07, 6.45) is 2.64. The molecular weight excluding hydrogens is 254 g/mol. The van der Waals surface area contributed by atoms with Crippen molar-refractivity contribution in [3.8, 4) is 11.3 Å². The van der Waals surface area contributed by atoms with Crippen LogP contribution in [0.2, 0.25) is 0 Å². The lowest BCUT2D eigenvalue weighted by Crippen LogP contribution is -1.99. The molecule has 0 bridgehead atoms. The number of nitrogens with zero attached hydrogens (tertiary/aromatic N) is 3. The van der Waals surface area contributed by atoms with Gasteiger partial charge >= 0.3 is 5.97 Å². The van der Waals surface area contributed by atoms with E-state index >= 15 is 0 Å². The van der Waals surface area contributed by atoms with Gasteiger partial charge in [-0.05, 0) is 18.1 Å². The molecule has 0 aliphatic heterocycles.